The summed E-state index contributed by atoms with van der Waals surface area (Å²) in [6, 6.07) is 0. The van der Waals surface area contributed by atoms with Gasteiger partial charge in [-0.25, -0.2) is 0 Å². The van der Waals surface area contributed by atoms with Crippen molar-refractivity contribution in [3.63, 3.8) is 0 Å². The third kappa shape index (κ3) is 3.23. The molecule has 1 aliphatic rings. The molecular formula is C14H23BrN4O. The van der Waals surface area contributed by atoms with Gasteiger partial charge < -0.3 is 5.32 Å². The standard InChI is InChI=1S/C14H23BrN4O/c1-4-11-13(15)12(18(3)17-11)9-19-7-5-10(6-8-19)14(20)16-2/h10H,4-9H2,1-3H3,(H,16,20). The van der Waals surface area contributed by atoms with E-state index in [0.717, 1.165) is 49.1 Å². The maximum Gasteiger partial charge on any atom is 0.222 e. The number of rotatable bonds is 4. The molecule has 1 aliphatic heterocycles. The van der Waals surface area contributed by atoms with Gasteiger partial charge in [0.15, 0.2) is 0 Å². The summed E-state index contributed by atoms with van der Waals surface area (Å²) in [6.07, 6.45) is 2.82. The quantitative estimate of drug-likeness (QED) is 0.905. The number of amides is 1. The van der Waals surface area contributed by atoms with Crippen molar-refractivity contribution >= 4 is 21.8 Å². The van der Waals surface area contributed by atoms with Crippen LogP contribution in [0.15, 0.2) is 4.47 Å². The largest absolute Gasteiger partial charge is 0.359 e. The molecule has 0 bridgehead atoms. The van der Waals surface area contributed by atoms with Gasteiger partial charge in [0.2, 0.25) is 5.91 Å². The van der Waals surface area contributed by atoms with Gasteiger partial charge in [-0.2, -0.15) is 5.10 Å². The monoisotopic (exact) mass is 342 g/mol. The van der Waals surface area contributed by atoms with E-state index < -0.39 is 0 Å². The molecule has 1 amide bonds. The maximum absolute atomic E-state index is 11.6. The predicted molar refractivity (Wildman–Crippen MR) is 82.4 cm³/mol. The molecule has 2 rings (SSSR count). The number of halogens is 1. The number of nitrogens with zero attached hydrogens (tertiary/aromatic N) is 3. The zero-order valence-electron chi connectivity index (χ0n) is 12.4. The van der Waals surface area contributed by atoms with Crippen molar-refractivity contribution in [2.45, 2.75) is 32.7 Å². The second-order valence-corrected chi connectivity index (χ2v) is 6.14. The molecule has 1 saturated heterocycles. The van der Waals surface area contributed by atoms with Crippen LogP contribution in [0, 0.1) is 5.92 Å². The van der Waals surface area contributed by atoms with Gasteiger partial charge in [0, 0.05) is 26.6 Å². The molecule has 20 heavy (non-hydrogen) atoms. The van der Waals surface area contributed by atoms with E-state index in [4.69, 9.17) is 0 Å². The first-order chi connectivity index (χ1) is 9.56. The average Bonchev–Trinajstić information content (AvgIpc) is 2.74. The van der Waals surface area contributed by atoms with E-state index in [1.807, 2.05) is 11.7 Å². The molecule has 0 radical (unpaired) electrons. The molecule has 112 valence electrons. The van der Waals surface area contributed by atoms with Crippen molar-refractivity contribution in [2.24, 2.45) is 13.0 Å². The Balaban J connectivity index is 1.96. The van der Waals surface area contributed by atoms with Gasteiger partial charge in [0.05, 0.1) is 15.9 Å². The van der Waals surface area contributed by atoms with Crippen LogP contribution in [0.4, 0.5) is 0 Å². The fourth-order valence-electron chi connectivity index (χ4n) is 2.76. The Hall–Kier alpha value is -0.880. The summed E-state index contributed by atoms with van der Waals surface area (Å²) in [5.41, 5.74) is 2.34. The Kier molecular flexibility index (Phi) is 5.21. The summed E-state index contributed by atoms with van der Waals surface area (Å²) in [5, 5.41) is 7.28. The highest BCUT2D eigenvalue weighted by Crippen LogP contribution is 2.25. The molecule has 1 fully saturated rings. The van der Waals surface area contributed by atoms with Crippen LogP contribution >= 0.6 is 15.9 Å². The van der Waals surface area contributed by atoms with Gasteiger partial charge in [-0.05, 0) is 48.3 Å². The number of aromatic nitrogens is 2. The summed E-state index contributed by atoms with van der Waals surface area (Å²) in [5.74, 6) is 0.358. The van der Waals surface area contributed by atoms with E-state index in [-0.39, 0.29) is 11.8 Å². The normalized spacial score (nSPS) is 17.4. The van der Waals surface area contributed by atoms with Gasteiger partial charge in [0.25, 0.3) is 0 Å². The molecule has 0 atom stereocenters. The lowest BCUT2D eigenvalue weighted by molar-refractivity contribution is -0.125. The minimum atomic E-state index is 0.178. The fourth-order valence-corrected chi connectivity index (χ4v) is 3.50. The summed E-state index contributed by atoms with van der Waals surface area (Å²) in [4.78, 5) is 14.0. The minimum Gasteiger partial charge on any atom is -0.359 e. The number of carbonyl (C=O) groups excluding carboxylic acids is 1. The van der Waals surface area contributed by atoms with E-state index in [2.05, 4.69) is 38.2 Å². The molecule has 6 heteroatoms. The molecular weight excluding hydrogens is 320 g/mol. The van der Waals surface area contributed by atoms with Crippen molar-refractivity contribution in [1.82, 2.24) is 20.0 Å². The van der Waals surface area contributed by atoms with E-state index in [1.54, 1.807) is 7.05 Å². The molecule has 0 saturated carbocycles. The van der Waals surface area contributed by atoms with Crippen molar-refractivity contribution in [1.29, 1.82) is 0 Å². The van der Waals surface area contributed by atoms with Gasteiger partial charge in [-0.1, -0.05) is 6.92 Å². The lowest BCUT2D eigenvalue weighted by Crippen LogP contribution is -2.39. The Morgan fingerprint density at radius 3 is 2.60 bits per heavy atom. The zero-order chi connectivity index (χ0) is 14.7. The number of piperidine rings is 1. The van der Waals surface area contributed by atoms with Crippen LogP contribution in [-0.4, -0.2) is 40.7 Å². The predicted octanol–water partition coefficient (Wildman–Crippen LogP) is 1.70. The second-order valence-electron chi connectivity index (χ2n) is 5.35. The van der Waals surface area contributed by atoms with Gasteiger partial charge in [0.1, 0.15) is 0 Å². The third-order valence-corrected chi connectivity index (χ3v) is 5.00. The Bertz CT molecular complexity index is 478. The number of carbonyl (C=O) groups is 1. The van der Waals surface area contributed by atoms with E-state index >= 15 is 0 Å². The Labute approximate surface area is 128 Å². The number of nitrogens with one attached hydrogen (secondary N) is 1. The van der Waals surface area contributed by atoms with Crippen LogP contribution in [-0.2, 0) is 24.8 Å². The van der Waals surface area contributed by atoms with Crippen molar-refractivity contribution in [2.75, 3.05) is 20.1 Å². The Morgan fingerprint density at radius 2 is 2.10 bits per heavy atom. The molecule has 1 aromatic heterocycles. The lowest BCUT2D eigenvalue weighted by Gasteiger charge is -2.31. The molecule has 5 nitrogen and oxygen atoms in total. The first-order valence-corrected chi connectivity index (χ1v) is 8.00. The van der Waals surface area contributed by atoms with E-state index in [9.17, 15) is 4.79 Å². The van der Waals surface area contributed by atoms with Crippen LogP contribution in [0.5, 0.6) is 0 Å². The molecule has 2 heterocycles. The molecule has 0 unspecified atom stereocenters. The number of hydrogen-bond acceptors (Lipinski definition) is 3. The smallest absolute Gasteiger partial charge is 0.222 e. The molecule has 0 spiro atoms. The Morgan fingerprint density at radius 1 is 1.45 bits per heavy atom. The number of aryl methyl sites for hydroxylation is 2. The summed E-state index contributed by atoms with van der Waals surface area (Å²) in [6.45, 7) is 4.95. The third-order valence-electron chi connectivity index (χ3n) is 4.08. The van der Waals surface area contributed by atoms with Crippen LogP contribution < -0.4 is 5.32 Å². The van der Waals surface area contributed by atoms with Crippen molar-refractivity contribution in [3.05, 3.63) is 15.9 Å². The highest BCUT2D eigenvalue weighted by molar-refractivity contribution is 9.10. The fraction of sp³-hybridized carbons (Fsp3) is 0.714. The van der Waals surface area contributed by atoms with Gasteiger partial charge >= 0.3 is 0 Å². The second kappa shape index (κ2) is 6.72. The molecule has 0 aliphatic carbocycles. The van der Waals surface area contributed by atoms with E-state index in [0.29, 0.717) is 0 Å². The van der Waals surface area contributed by atoms with Crippen LogP contribution in [0.2, 0.25) is 0 Å². The zero-order valence-corrected chi connectivity index (χ0v) is 14.0. The number of hydrogen-bond donors (Lipinski definition) is 1. The van der Waals surface area contributed by atoms with Crippen LogP contribution in [0.25, 0.3) is 0 Å². The average molecular weight is 343 g/mol. The minimum absolute atomic E-state index is 0.178. The van der Waals surface area contributed by atoms with Gasteiger partial charge in [-0.3, -0.25) is 14.4 Å². The molecule has 0 aromatic carbocycles. The highest BCUT2D eigenvalue weighted by Gasteiger charge is 2.25. The SMILES string of the molecule is CCc1nn(C)c(CN2CCC(C(=O)NC)CC2)c1Br. The van der Waals surface area contributed by atoms with Gasteiger partial charge in [-0.15, -0.1) is 0 Å². The van der Waals surface area contributed by atoms with Crippen molar-refractivity contribution < 1.29 is 4.79 Å². The van der Waals surface area contributed by atoms with Crippen molar-refractivity contribution in [3.8, 4) is 0 Å². The topological polar surface area (TPSA) is 50.2 Å². The van der Waals surface area contributed by atoms with Crippen LogP contribution in [0.1, 0.15) is 31.2 Å². The first-order valence-electron chi connectivity index (χ1n) is 7.21. The first kappa shape index (κ1) is 15.5. The van der Waals surface area contributed by atoms with Crippen LogP contribution in [0.3, 0.4) is 0 Å². The molecule has 1 aromatic rings. The molecule has 1 N–H and O–H groups in total. The summed E-state index contributed by atoms with van der Waals surface area (Å²) in [7, 11) is 3.71. The summed E-state index contributed by atoms with van der Waals surface area (Å²) >= 11 is 3.66. The maximum atomic E-state index is 11.6. The van der Waals surface area contributed by atoms with E-state index in [1.165, 1.54) is 5.69 Å². The summed E-state index contributed by atoms with van der Waals surface area (Å²) < 4.78 is 3.10. The number of likely N-dealkylation sites (tertiary alicyclic amines) is 1. The lowest BCUT2D eigenvalue weighted by atomic mass is 9.96. The highest BCUT2D eigenvalue weighted by atomic mass is 79.9.